The van der Waals surface area contributed by atoms with Crippen molar-refractivity contribution in [2.75, 3.05) is 27.2 Å². The standard InChI is InChI=1S/C17H21N5O4S/c1-21(2)27(25,26)22-6-3-12(11-22)7-15-16(20-5-4-19-15)13-8-14(17(23)24)10-18-9-13/h4-5,8-10,12H,3,6-7,11H2,1-2H3,(H,23,24). The molecule has 3 rings (SSSR count). The summed E-state index contributed by atoms with van der Waals surface area (Å²) in [7, 11) is -0.384. The van der Waals surface area contributed by atoms with Crippen LogP contribution in [-0.4, -0.2) is 70.2 Å². The largest absolute Gasteiger partial charge is 0.478 e. The molecule has 2 aromatic rings. The first-order chi connectivity index (χ1) is 12.8. The topological polar surface area (TPSA) is 117 Å². The molecule has 1 N–H and O–H groups in total. The lowest BCUT2D eigenvalue weighted by atomic mass is 9.99. The average molecular weight is 391 g/mol. The van der Waals surface area contributed by atoms with Gasteiger partial charge in [0.2, 0.25) is 0 Å². The summed E-state index contributed by atoms with van der Waals surface area (Å²) < 4.78 is 27.2. The zero-order valence-corrected chi connectivity index (χ0v) is 15.9. The first-order valence-electron chi connectivity index (χ1n) is 8.45. The Morgan fingerprint density at radius 2 is 2.04 bits per heavy atom. The molecule has 10 heteroatoms. The Hall–Kier alpha value is -2.43. The van der Waals surface area contributed by atoms with Gasteiger partial charge in [-0.25, -0.2) is 4.79 Å². The van der Waals surface area contributed by atoms with Gasteiger partial charge in [-0.3, -0.25) is 15.0 Å². The van der Waals surface area contributed by atoms with Crippen LogP contribution >= 0.6 is 0 Å². The predicted molar refractivity (Wildman–Crippen MR) is 98.2 cm³/mol. The van der Waals surface area contributed by atoms with Crippen LogP contribution in [0.2, 0.25) is 0 Å². The molecule has 1 aliphatic rings. The molecule has 144 valence electrons. The van der Waals surface area contributed by atoms with E-state index in [1.54, 1.807) is 18.6 Å². The zero-order valence-electron chi connectivity index (χ0n) is 15.1. The van der Waals surface area contributed by atoms with E-state index in [1.807, 2.05) is 0 Å². The molecule has 0 spiro atoms. The summed E-state index contributed by atoms with van der Waals surface area (Å²) in [6, 6.07) is 1.51. The molecule has 9 nitrogen and oxygen atoms in total. The number of rotatable bonds is 6. The van der Waals surface area contributed by atoms with Crippen LogP contribution in [0.1, 0.15) is 22.5 Å². The minimum Gasteiger partial charge on any atom is -0.478 e. The summed E-state index contributed by atoms with van der Waals surface area (Å²) in [5.74, 6) is -0.944. The van der Waals surface area contributed by atoms with Gasteiger partial charge in [-0.1, -0.05) is 0 Å². The minimum atomic E-state index is -3.42. The van der Waals surface area contributed by atoms with Crippen LogP contribution in [-0.2, 0) is 16.6 Å². The van der Waals surface area contributed by atoms with Crippen molar-refractivity contribution in [1.82, 2.24) is 23.6 Å². The van der Waals surface area contributed by atoms with E-state index >= 15 is 0 Å². The molecule has 0 aromatic carbocycles. The maximum atomic E-state index is 12.3. The van der Waals surface area contributed by atoms with Crippen LogP contribution in [0.4, 0.5) is 0 Å². The number of hydrogen-bond acceptors (Lipinski definition) is 6. The highest BCUT2D eigenvalue weighted by atomic mass is 32.2. The van der Waals surface area contributed by atoms with Crippen LogP contribution in [0.5, 0.6) is 0 Å². The third-order valence-corrected chi connectivity index (χ3v) is 6.46. The molecule has 1 saturated heterocycles. The molecule has 0 bridgehead atoms. The van der Waals surface area contributed by atoms with Crippen molar-refractivity contribution in [3.8, 4) is 11.3 Å². The van der Waals surface area contributed by atoms with Crippen molar-refractivity contribution >= 4 is 16.2 Å². The van der Waals surface area contributed by atoms with Gasteiger partial charge in [-0.05, 0) is 24.8 Å². The smallest absolute Gasteiger partial charge is 0.337 e. The number of aromatic nitrogens is 3. The Morgan fingerprint density at radius 3 is 2.74 bits per heavy atom. The van der Waals surface area contributed by atoms with Gasteiger partial charge in [0, 0.05) is 57.5 Å². The predicted octanol–water partition coefficient (Wildman–Crippen LogP) is 0.908. The van der Waals surface area contributed by atoms with Crippen LogP contribution in [0.3, 0.4) is 0 Å². The van der Waals surface area contributed by atoms with Gasteiger partial charge >= 0.3 is 5.97 Å². The lowest BCUT2D eigenvalue weighted by Crippen LogP contribution is -2.38. The summed E-state index contributed by atoms with van der Waals surface area (Å²) in [6.45, 7) is 0.890. The first-order valence-corrected chi connectivity index (χ1v) is 9.85. The van der Waals surface area contributed by atoms with Crippen molar-refractivity contribution in [2.45, 2.75) is 12.8 Å². The van der Waals surface area contributed by atoms with E-state index in [2.05, 4.69) is 15.0 Å². The summed E-state index contributed by atoms with van der Waals surface area (Å²) in [5.41, 5.74) is 1.93. The highest BCUT2D eigenvalue weighted by Crippen LogP contribution is 2.27. The average Bonchev–Trinajstić information content (AvgIpc) is 3.11. The molecular formula is C17H21N5O4S. The fourth-order valence-electron chi connectivity index (χ4n) is 3.12. The van der Waals surface area contributed by atoms with E-state index in [9.17, 15) is 13.2 Å². The number of carboxylic acid groups (broad SMARTS) is 1. The number of aromatic carboxylic acids is 1. The lowest BCUT2D eigenvalue weighted by Gasteiger charge is -2.21. The molecule has 0 aliphatic carbocycles. The molecule has 27 heavy (non-hydrogen) atoms. The van der Waals surface area contributed by atoms with Crippen molar-refractivity contribution in [3.05, 3.63) is 42.1 Å². The number of nitrogens with zero attached hydrogens (tertiary/aromatic N) is 5. The number of pyridine rings is 1. The molecule has 0 saturated carbocycles. The maximum absolute atomic E-state index is 12.3. The summed E-state index contributed by atoms with van der Waals surface area (Å²) >= 11 is 0. The molecular weight excluding hydrogens is 370 g/mol. The number of carboxylic acids is 1. The maximum Gasteiger partial charge on any atom is 0.337 e. The highest BCUT2D eigenvalue weighted by molar-refractivity contribution is 7.86. The highest BCUT2D eigenvalue weighted by Gasteiger charge is 2.33. The Morgan fingerprint density at radius 1 is 1.30 bits per heavy atom. The second-order valence-corrected chi connectivity index (χ2v) is 8.77. The third-order valence-electron chi connectivity index (χ3n) is 4.55. The minimum absolute atomic E-state index is 0.0771. The van der Waals surface area contributed by atoms with E-state index in [0.717, 1.165) is 6.42 Å². The van der Waals surface area contributed by atoms with Gasteiger partial charge in [-0.15, -0.1) is 0 Å². The molecule has 1 atom stereocenters. The van der Waals surface area contributed by atoms with E-state index < -0.39 is 16.2 Å². The molecule has 3 heterocycles. The second kappa shape index (κ2) is 7.67. The summed E-state index contributed by atoms with van der Waals surface area (Å²) in [6.07, 6.45) is 7.25. The lowest BCUT2D eigenvalue weighted by molar-refractivity contribution is 0.0696. The quantitative estimate of drug-likeness (QED) is 0.778. The molecule has 1 aliphatic heterocycles. The van der Waals surface area contributed by atoms with Gasteiger partial charge in [0.25, 0.3) is 10.2 Å². The van der Waals surface area contributed by atoms with Gasteiger partial charge in [0.05, 0.1) is 17.0 Å². The monoisotopic (exact) mass is 391 g/mol. The first kappa shape index (κ1) is 19.3. The SMILES string of the molecule is CN(C)S(=O)(=O)N1CCC(Cc2nccnc2-c2cncc(C(=O)O)c2)C1. The normalized spacial score (nSPS) is 18.1. The van der Waals surface area contributed by atoms with Crippen molar-refractivity contribution in [2.24, 2.45) is 5.92 Å². The Labute approximate surface area is 157 Å². The fourth-order valence-corrected chi connectivity index (χ4v) is 4.32. The number of carbonyl (C=O) groups is 1. The molecule has 1 fully saturated rings. The second-order valence-electron chi connectivity index (χ2n) is 6.63. The van der Waals surface area contributed by atoms with Gasteiger partial charge in [-0.2, -0.15) is 17.0 Å². The van der Waals surface area contributed by atoms with E-state index in [4.69, 9.17) is 5.11 Å². The van der Waals surface area contributed by atoms with Gasteiger partial charge in [0.1, 0.15) is 0 Å². The zero-order chi connectivity index (χ0) is 19.6. The van der Waals surface area contributed by atoms with Gasteiger partial charge in [0.15, 0.2) is 0 Å². The van der Waals surface area contributed by atoms with E-state index in [1.165, 1.54) is 35.0 Å². The third kappa shape index (κ3) is 4.12. The molecule has 1 unspecified atom stereocenters. The van der Waals surface area contributed by atoms with E-state index in [0.29, 0.717) is 36.5 Å². The molecule has 2 aromatic heterocycles. The van der Waals surface area contributed by atoms with Crippen LogP contribution < -0.4 is 0 Å². The van der Waals surface area contributed by atoms with Gasteiger partial charge < -0.3 is 5.11 Å². The van der Waals surface area contributed by atoms with E-state index in [-0.39, 0.29) is 11.5 Å². The van der Waals surface area contributed by atoms with Crippen molar-refractivity contribution < 1.29 is 18.3 Å². The fraction of sp³-hybridized carbons (Fsp3) is 0.412. The van der Waals surface area contributed by atoms with Crippen LogP contribution in [0.15, 0.2) is 30.9 Å². The Kier molecular flexibility index (Phi) is 5.49. The Balaban J connectivity index is 1.82. The number of hydrogen-bond donors (Lipinski definition) is 1. The molecule has 0 radical (unpaired) electrons. The summed E-state index contributed by atoms with van der Waals surface area (Å²) in [5, 5.41) is 9.16. The van der Waals surface area contributed by atoms with Crippen LogP contribution in [0.25, 0.3) is 11.3 Å². The van der Waals surface area contributed by atoms with Crippen molar-refractivity contribution in [3.63, 3.8) is 0 Å². The summed E-state index contributed by atoms with van der Waals surface area (Å²) in [4.78, 5) is 23.9. The molecule has 0 amide bonds. The van der Waals surface area contributed by atoms with Crippen LogP contribution in [0, 0.1) is 5.92 Å². The van der Waals surface area contributed by atoms with Crippen molar-refractivity contribution in [1.29, 1.82) is 0 Å². The Bertz CT molecular complexity index is 948.